The molecule has 1 amide bonds. The van der Waals surface area contributed by atoms with Crippen molar-refractivity contribution in [2.24, 2.45) is 5.92 Å². The average Bonchev–Trinajstić information content (AvgIpc) is 3.02. The van der Waals surface area contributed by atoms with Crippen molar-refractivity contribution >= 4 is 6.09 Å². The van der Waals surface area contributed by atoms with Crippen LogP contribution in [0.1, 0.15) is 52.5 Å². The van der Waals surface area contributed by atoms with E-state index in [-0.39, 0.29) is 6.09 Å². The van der Waals surface area contributed by atoms with Gasteiger partial charge in [0.05, 0.1) is 0 Å². The maximum Gasteiger partial charge on any atom is 0.410 e. The summed E-state index contributed by atoms with van der Waals surface area (Å²) in [4.78, 5) is 14.0. The van der Waals surface area contributed by atoms with Crippen LogP contribution in [-0.2, 0) is 11.2 Å². The van der Waals surface area contributed by atoms with Crippen molar-refractivity contribution in [3.63, 3.8) is 0 Å². The number of rotatable bonds is 7. The van der Waals surface area contributed by atoms with E-state index < -0.39 is 5.60 Å². The number of carbonyl (C=O) groups excluding carboxylic acids is 1. The topological polar surface area (TPSA) is 41.6 Å². The van der Waals surface area contributed by atoms with Gasteiger partial charge in [-0.3, -0.25) is 0 Å². The van der Waals surface area contributed by atoms with Crippen molar-refractivity contribution in [3.8, 4) is 0 Å². The zero-order valence-corrected chi connectivity index (χ0v) is 16.3. The van der Waals surface area contributed by atoms with E-state index in [1.807, 2.05) is 25.7 Å². The van der Waals surface area contributed by atoms with Gasteiger partial charge in [0.2, 0.25) is 0 Å². The van der Waals surface area contributed by atoms with Crippen molar-refractivity contribution in [1.29, 1.82) is 0 Å². The van der Waals surface area contributed by atoms with Crippen LogP contribution in [0.2, 0.25) is 0 Å². The number of amides is 1. The summed E-state index contributed by atoms with van der Waals surface area (Å²) >= 11 is 0. The van der Waals surface area contributed by atoms with Crippen LogP contribution in [-0.4, -0.2) is 42.3 Å². The first-order valence-electron chi connectivity index (χ1n) is 9.62. The first-order valence-corrected chi connectivity index (χ1v) is 9.62. The second kappa shape index (κ2) is 9.23. The molecule has 0 bridgehead atoms. The summed E-state index contributed by atoms with van der Waals surface area (Å²) in [5.41, 5.74) is 0.974. The third kappa shape index (κ3) is 7.07. The van der Waals surface area contributed by atoms with E-state index in [9.17, 15) is 4.79 Å². The Morgan fingerprint density at radius 3 is 2.68 bits per heavy atom. The Labute approximate surface area is 152 Å². The molecule has 25 heavy (non-hydrogen) atoms. The fraction of sp³-hybridized carbons (Fsp3) is 0.667. The highest BCUT2D eigenvalue weighted by molar-refractivity contribution is 5.68. The highest BCUT2D eigenvalue weighted by atomic mass is 16.6. The molecule has 0 saturated carbocycles. The molecule has 2 unspecified atom stereocenters. The Morgan fingerprint density at radius 1 is 1.32 bits per heavy atom. The van der Waals surface area contributed by atoms with E-state index in [1.54, 1.807) is 0 Å². The fourth-order valence-electron chi connectivity index (χ4n) is 3.31. The summed E-state index contributed by atoms with van der Waals surface area (Å²) in [7, 11) is 0. The normalized spacial score (nSPS) is 19.0. The van der Waals surface area contributed by atoms with Crippen LogP contribution < -0.4 is 5.32 Å². The van der Waals surface area contributed by atoms with Crippen LogP contribution in [0.25, 0.3) is 0 Å². The minimum atomic E-state index is -0.414. The smallest absolute Gasteiger partial charge is 0.410 e. The minimum Gasteiger partial charge on any atom is -0.444 e. The van der Waals surface area contributed by atoms with Gasteiger partial charge in [-0.1, -0.05) is 37.3 Å². The molecule has 0 spiro atoms. The number of benzene rings is 1. The largest absolute Gasteiger partial charge is 0.444 e. The predicted octanol–water partition coefficient (Wildman–Crippen LogP) is 4.24. The van der Waals surface area contributed by atoms with E-state index in [0.29, 0.717) is 12.0 Å². The molecule has 2 rings (SSSR count). The van der Waals surface area contributed by atoms with Gasteiger partial charge in [-0.2, -0.15) is 0 Å². The first kappa shape index (κ1) is 19.8. The molecule has 0 aromatic heterocycles. The van der Waals surface area contributed by atoms with Gasteiger partial charge in [0, 0.05) is 19.1 Å². The lowest BCUT2D eigenvalue weighted by Gasteiger charge is -2.24. The second-order valence-electron chi connectivity index (χ2n) is 8.12. The van der Waals surface area contributed by atoms with Crippen molar-refractivity contribution in [1.82, 2.24) is 10.2 Å². The fourth-order valence-corrected chi connectivity index (χ4v) is 3.31. The summed E-state index contributed by atoms with van der Waals surface area (Å²) in [6.07, 6.45) is 4.23. The summed E-state index contributed by atoms with van der Waals surface area (Å²) < 4.78 is 5.47. The van der Waals surface area contributed by atoms with Crippen LogP contribution in [0, 0.1) is 5.92 Å². The summed E-state index contributed by atoms with van der Waals surface area (Å²) in [5.74, 6) is 0.578. The van der Waals surface area contributed by atoms with Crippen LogP contribution in [0.15, 0.2) is 30.3 Å². The number of ether oxygens (including phenoxy) is 1. The molecule has 0 aliphatic carbocycles. The van der Waals surface area contributed by atoms with Gasteiger partial charge in [-0.15, -0.1) is 0 Å². The molecule has 1 aliphatic rings. The Morgan fingerprint density at radius 2 is 2.04 bits per heavy atom. The number of hydrogen-bond donors (Lipinski definition) is 1. The van der Waals surface area contributed by atoms with Crippen molar-refractivity contribution in [3.05, 3.63) is 35.9 Å². The molecule has 1 saturated heterocycles. The molecule has 1 heterocycles. The molecule has 1 aliphatic heterocycles. The monoisotopic (exact) mass is 346 g/mol. The molecule has 4 heteroatoms. The van der Waals surface area contributed by atoms with Gasteiger partial charge in [-0.05, 0) is 64.5 Å². The highest BCUT2D eigenvalue weighted by Crippen LogP contribution is 2.21. The van der Waals surface area contributed by atoms with Gasteiger partial charge in [0.25, 0.3) is 0 Å². The molecule has 4 nitrogen and oxygen atoms in total. The Kier molecular flexibility index (Phi) is 7.30. The first-order chi connectivity index (χ1) is 11.9. The SMILES string of the molecule is CCC(Cc1ccccc1)NCCC1CCN(C(=O)OC(C)(C)C)C1. The maximum atomic E-state index is 12.1. The van der Waals surface area contributed by atoms with Crippen molar-refractivity contribution in [2.75, 3.05) is 19.6 Å². The molecule has 0 radical (unpaired) electrons. The van der Waals surface area contributed by atoms with E-state index >= 15 is 0 Å². The Hall–Kier alpha value is -1.55. The van der Waals surface area contributed by atoms with Gasteiger partial charge >= 0.3 is 6.09 Å². The van der Waals surface area contributed by atoms with Crippen LogP contribution in [0.5, 0.6) is 0 Å². The zero-order chi connectivity index (χ0) is 18.3. The molecular formula is C21H34N2O2. The van der Waals surface area contributed by atoms with E-state index in [2.05, 4.69) is 42.6 Å². The van der Waals surface area contributed by atoms with E-state index in [4.69, 9.17) is 4.74 Å². The minimum absolute atomic E-state index is 0.168. The average molecular weight is 347 g/mol. The third-order valence-corrected chi connectivity index (χ3v) is 4.74. The van der Waals surface area contributed by atoms with Gasteiger partial charge < -0.3 is 15.0 Å². The van der Waals surface area contributed by atoms with E-state index in [1.165, 1.54) is 5.56 Å². The summed E-state index contributed by atoms with van der Waals surface area (Å²) in [6.45, 7) is 10.6. The Bertz CT molecular complexity index is 524. The molecule has 2 atom stereocenters. The van der Waals surface area contributed by atoms with Gasteiger partial charge in [0.15, 0.2) is 0 Å². The molecule has 1 N–H and O–H groups in total. The van der Waals surface area contributed by atoms with E-state index in [0.717, 1.165) is 45.3 Å². The predicted molar refractivity (Wildman–Crippen MR) is 103 cm³/mol. The molecule has 1 aromatic rings. The highest BCUT2D eigenvalue weighted by Gasteiger charge is 2.29. The van der Waals surface area contributed by atoms with Crippen molar-refractivity contribution in [2.45, 2.75) is 65.0 Å². The lowest BCUT2D eigenvalue weighted by Crippen LogP contribution is -2.36. The summed E-state index contributed by atoms with van der Waals surface area (Å²) in [5, 5.41) is 3.69. The molecule has 140 valence electrons. The van der Waals surface area contributed by atoms with Gasteiger partial charge in [0.1, 0.15) is 5.60 Å². The van der Waals surface area contributed by atoms with Crippen LogP contribution >= 0.6 is 0 Å². The number of likely N-dealkylation sites (tertiary alicyclic amines) is 1. The van der Waals surface area contributed by atoms with Crippen LogP contribution in [0.3, 0.4) is 0 Å². The van der Waals surface area contributed by atoms with Crippen molar-refractivity contribution < 1.29 is 9.53 Å². The second-order valence-corrected chi connectivity index (χ2v) is 8.12. The number of hydrogen-bond acceptors (Lipinski definition) is 3. The quantitative estimate of drug-likeness (QED) is 0.803. The van der Waals surface area contributed by atoms with Gasteiger partial charge in [-0.25, -0.2) is 4.79 Å². The Balaban J connectivity index is 1.68. The summed E-state index contributed by atoms with van der Waals surface area (Å²) in [6, 6.07) is 11.2. The molecular weight excluding hydrogens is 312 g/mol. The number of carbonyl (C=O) groups is 1. The third-order valence-electron chi connectivity index (χ3n) is 4.74. The lowest BCUT2D eigenvalue weighted by atomic mass is 10.0. The zero-order valence-electron chi connectivity index (χ0n) is 16.3. The number of nitrogens with zero attached hydrogens (tertiary/aromatic N) is 1. The standard InChI is InChI=1S/C21H34N2O2/c1-5-19(15-17-9-7-6-8-10-17)22-13-11-18-12-14-23(16-18)20(24)25-21(2,3)4/h6-10,18-19,22H,5,11-16H2,1-4H3. The maximum absolute atomic E-state index is 12.1. The lowest BCUT2D eigenvalue weighted by molar-refractivity contribution is 0.0287. The molecule has 1 fully saturated rings. The van der Waals surface area contributed by atoms with Crippen LogP contribution in [0.4, 0.5) is 4.79 Å². The molecule has 1 aromatic carbocycles. The number of nitrogens with one attached hydrogen (secondary N) is 1.